The summed E-state index contributed by atoms with van der Waals surface area (Å²) in [5.74, 6) is -0.185. The fraction of sp³-hybridized carbons (Fsp3) is 0.263. The van der Waals surface area contributed by atoms with Crippen LogP contribution < -0.4 is 15.4 Å². The Morgan fingerprint density at radius 1 is 1.00 bits per heavy atom. The number of carbonyl (C=O) groups excluding carboxylic acids is 2. The molecular formula is C19H21F2N3O3. The predicted octanol–water partition coefficient (Wildman–Crippen LogP) is 4.41. The molecule has 2 N–H and O–H groups in total. The second kappa shape index (κ2) is 9.51. The van der Waals surface area contributed by atoms with Crippen molar-refractivity contribution in [3.05, 3.63) is 54.1 Å². The van der Waals surface area contributed by atoms with Crippen molar-refractivity contribution in [2.24, 2.45) is 0 Å². The van der Waals surface area contributed by atoms with Crippen LogP contribution in [0.25, 0.3) is 0 Å². The zero-order chi connectivity index (χ0) is 19.8. The first kappa shape index (κ1) is 20.2. The molecular weight excluding hydrogens is 356 g/mol. The van der Waals surface area contributed by atoms with E-state index in [1.165, 1.54) is 24.3 Å². The maximum absolute atomic E-state index is 12.6. The van der Waals surface area contributed by atoms with Crippen LogP contribution in [0.1, 0.15) is 24.2 Å². The highest BCUT2D eigenvalue weighted by Gasteiger charge is 2.17. The minimum atomic E-state index is -2.91. The Labute approximate surface area is 156 Å². The molecule has 144 valence electrons. The van der Waals surface area contributed by atoms with Crippen LogP contribution in [0.2, 0.25) is 0 Å². The molecule has 2 aromatic rings. The Hall–Kier alpha value is -3.16. The van der Waals surface area contributed by atoms with Crippen LogP contribution >= 0.6 is 0 Å². The topological polar surface area (TPSA) is 70.7 Å². The molecule has 0 aromatic heterocycles. The lowest BCUT2D eigenvalue weighted by molar-refractivity contribution is -0.0498. The average Bonchev–Trinajstić information content (AvgIpc) is 2.64. The second-order valence-corrected chi connectivity index (χ2v) is 5.51. The van der Waals surface area contributed by atoms with Gasteiger partial charge in [0.15, 0.2) is 0 Å². The van der Waals surface area contributed by atoms with Gasteiger partial charge in [0.25, 0.3) is 5.91 Å². The monoisotopic (exact) mass is 377 g/mol. The number of carbonyl (C=O) groups is 2. The van der Waals surface area contributed by atoms with E-state index in [0.717, 1.165) is 0 Å². The molecule has 2 rings (SSSR count). The van der Waals surface area contributed by atoms with Gasteiger partial charge in [0, 0.05) is 18.8 Å². The zero-order valence-electron chi connectivity index (χ0n) is 15.0. The van der Waals surface area contributed by atoms with E-state index in [-0.39, 0.29) is 11.7 Å². The lowest BCUT2D eigenvalue weighted by Gasteiger charge is -2.20. The first-order chi connectivity index (χ1) is 12.9. The SMILES string of the molecule is CCN(CC)C(=O)c1ccccc1NC(=O)Nc1ccc(OC(F)F)cc1. The molecule has 0 spiro atoms. The van der Waals surface area contributed by atoms with Gasteiger partial charge >= 0.3 is 12.6 Å². The van der Waals surface area contributed by atoms with Crippen LogP contribution in [-0.4, -0.2) is 36.5 Å². The number of rotatable bonds is 7. The van der Waals surface area contributed by atoms with Crippen molar-refractivity contribution in [1.82, 2.24) is 4.90 Å². The van der Waals surface area contributed by atoms with Crippen molar-refractivity contribution in [2.75, 3.05) is 23.7 Å². The normalized spacial score (nSPS) is 10.4. The zero-order valence-corrected chi connectivity index (χ0v) is 15.0. The number of para-hydroxylation sites is 1. The molecule has 0 aliphatic rings. The van der Waals surface area contributed by atoms with Gasteiger partial charge in [-0.2, -0.15) is 8.78 Å². The molecule has 0 radical (unpaired) electrons. The number of nitrogens with one attached hydrogen (secondary N) is 2. The van der Waals surface area contributed by atoms with Crippen LogP contribution in [0.4, 0.5) is 25.0 Å². The number of nitrogens with zero attached hydrogens (tertiary/aromatic N) is 1. The van der Waals surface area contributed by atoms with Gasteiger partial charge in [0.05, 0.1) is 11.3 Å². The summed E-state index contributed by atoms with van der Waals surface area (Å²) in [6.07, 6.45) is 0. The predicted molar refractivity (Wildman–Crippen MR) is 99.4 cm³/mol. The minimum absolute atomic E-state index is 0.00822. The molecule has 0 unspecified atom stereocenters. The van der Waals surface area contributed by atoms with Crippen molar-refractivity contribution in [1.29, 1.82) is 0 Å². The molecule has 0 saturated carbocycles. The quantitative estimate of drug-likeness (QED) is 0.751. The third-order valence-corrected chi connectivity index (χ3v) is 3.79. The molecule has 0 atom stereocenters. The number of alkyl halides is 2. The van der Waals surface area contributed by atoms with Gasteiger partial charge in [0.1, 0.15) is 5.75 Å². The molecule has 6 nitrogen and oxygen atoms in total. The van der Waals surface area contributed by atoms with E-state index >= 15 is 0 Å². The first-order valence-corrected chi connectivity index (χ1v) is 8.45. The van der Waals surface area contributed by atoms with Gasteiger partial charge in [-0.15, -0.1) is 0 Å². The molecule has 27 heavy (non-hydrogen) atoms. The van der Waals surface area contributed by atoms with Gasteiger partial charge in [-0.1, -0.05) is 12.1 Å². The van der Waals surface area contributed by atoms with Gasteiger partial charge in [-0.3, -0.25) is 4.79 Å². The van der Waals surface area contributed by atoms with Crippen molar-refractivity contribution in [3.63, 3.8) is 0 Å². The van der Waals surface area contributed by atoms with E-state index in [9.17, 15) is 18.4 Å². The summed E-state index contributed by atoms with van der Waals surface area (Å²) in [4.78, 5) is 26.5. The third kappa shape index (κ3) is 5.67. The maximum Gasteiger partial charge on any atom is 0.387 e. The van der Waals surface area contributed by atoms with E-state index in [0.29, 0.717) is 30.0 Å². The van der Waals surface area contributed by atoms with Crippen molar-refractivity contribution < 1.29 is 23.1 Å². The van der Waals surface area contributed by atoms with Crippen molar-refractivity contribution in [3.8, 4) is 5.75 Å². The molecule has 0 aliphatic carbocycles. The van der Waals surface area contributed by atoms with Crippen LogP contribution in [-0.2, 0) is 0 Å². The number of ether oxygens (including phenoxy) is 1. The molecule has 0 saturated heterocycles. The standard InChI is InChI=1S/C19H21F2N3O3/c1-3-24(4-2)17(25)15-7-5-6-8-16(15)23-19(26)22-13-9-11-14(12-10-13)27-18(20)21/h5-12,18H,3-4H2,1-2H3,(H2,22,23,26). The molecule has 0 heterocycles. The number of anilines is 2. The van der Waals surface area contributed by atoms with E-state index in [1.807, 2.05) is 13.8 Å². The van der Waals surface area contributed by atoms with E-state index < -0.39 is 12.6 Å². The Morgan fingerprint density at radius 2 is 1.63 bits per heavy atom. The molecule has 0 aliphatic heterocycles. The van der Waals surface area contributed by atoms with Gasteiger partial charge in [-0.25, -0.2) is 4.79 Å². The van der Waals surface area contributed by atoms with Gasteiger partial charge < -0.3 is 20.3 Å². The number of benzene rings is 2. The van der Waals surface area contributed by atoms with Crippen LogP contribution in [0.5, 0.6) is 5.75 Å². The molecule has 0 bridgehead atoms. The number of amides is 3. The minimum Gasteiger partial charge on any atom is -0.435 e. The fourth-order valence-corrected chi connectivity index (χ4v) is 2.46. The summed E-state index contributed by atoms with van der Waals surface area (Å²) >= 11 is 0. The second-order valence-electron chi connectivity index (χ2n) is 5.51. The summed E-state index contributed by atoms with van der Waals surface area (Å²) in [5, 5.41) is 5.22. The highest BCUT2D eigenvalue weighted by Crippen LogP contribution is 2.20. The largest absolute Gasteiger partial charge is 0.435 e. The summed E-state index contributed by atoms with van der Waals surface area (Å²) < 4.78 is 28.6. The van der Waals surface area contributed by atoms with Gasteiger partial charge in [0.2, 0.25) is 0 Å². The fourth-order valence-electron chi connectivity index (χ4n) is 2.46. The summed E-state index contributed by atoms with van der Waals surface area (Å²) in [6.45, 7) is 1.97. The number of halogens is 2. The number of hydrogen-bond donors (Lipinski definition) is 2. The van der Waals surface area contributed by atoms with Gasteiger partial charge in [-0.05, 0) is 50.2 Å². The van der Waals surface area contributed by atoms with Crippen LogP contribution in [0.15, 0.2) is 48.5 Å². The first-order valence-electron chi connectivity index (χ1n) is 8.45. The maximum atomic E-state index is 12.6. The number of urea groups is 1. The number of hydrogen-bond acceptors (Lipinski definition) is 3. The van der Waals surface area contributed by atoms with Crippen LogP contribution in [0, 0.1) is 0 Å². The Balaban J connectivity index is 2.07. The third-order valence-electron chi connectivity index (χ3n) is 3.79. The summed E-state index contributed by atoms with van der Waals surface area (Å²) in [5.41, 5.74) is 1.16. The lowest BCUT2D eigenvalue weighted by Crippen LogP contribution is -2.31. The average molecular weight is 377 g/mol. The van der Waals surface area contributed by atoms with Crippen molar-refractivity contribution >= 4 is 23.3 Å². The highest BCUT2D eigenvalue weighted by atomic mass is 19.3. The van der Waals surface area contributed by atoms with Crippen molar-refractivity contribution in [2.45, 2.75) is 20.5 Å². The lowest BCUT2D eigenvalue weighted by atomic mass is 10.1. The Kier molecular flexibility index (Phi) is 7.10. The molecule has 2 aromatic carbocycles. The Bertz CT molecular complexity index is 778. The smallest absolute Gasteiger partial charge is 0.387 e. The van der Waals surface area contributed by atoms with E-state index in [1.54, 1.807) is 29.2 Å². The molecule has 0 fully saturated rings. The molecule has 3 amide bonds. The summed E-state index contributed by atoms with van der Waals surface area (Å²) in [7, 11) is 0. The highest BCUT2D eigenvalue weighted by molar-refractivity contribution is 6.06. The van der Waals surface area contributed by atoms with Crippen LogP contribution in [0.3, 0.4) is 0 Å². The van der Waals surface area contributed by atoms with E-state index in [2.05, 4.69) is 15.4 Å². The summed E-state index contributed by atoms with van der Waals surface area (Å²) in [6, 6.07) is 11.7. The molecule has 8 heteroatoms. The van der Waals surface area contributed by atoms with E-state index in [4.69, 9.17) is 0 Å². The Morgan fingerprint density at radius 3 is 2.22 bits per heavy atom.